The number of hydrogen-bond donors (Lipinski definition) is 1. The van der Waals surface area contributed by atoms with Crippen molar-refractivity contribution >= 4 is 33.6 Å². The first kappa shape index (κ1) is 21.9. The average molecular weight is 468 g/mol. The van der Waals surface area contributed by atoms with Gasteiger partial charge in [0.1, 0.15) is 5.82 Å². The van der Waals surface area contributed by atoms with Crippen LogP contribution in [0.4, 0.5) is 20.8 Å². The van der Waals surface area contributed by atoms with Crippen LogP contribution in [0, 0.1) is 5.82 Å². The van der Waals surface area contributed by atoms with Crippen LogP contribution in [0.15, 0.2) is 54.6 Å². The molecule has 0 spiro atoms. The second-order valence-electron chi connectivity index (χ2n) is 8.01. The van der Waals surface area contributed by atoms with E-state index in [0.717, 1.165) is 29.2 Å². The lowest BCUT2D eigenvalue weighted by molar-refractivity contribution is 0.103. The van der Waals surface area contributed by atoms with Crippen molar-refractivity contribution in [2.45, 2.75) is 0 Å². The van der Waals surface area contributed by atoms with Gasteiger partial charge in [-0.1, -0.05) is 30.3 Å². The van der Waals surface area contributed by atoms with Gasteiger partial charge < -0.3 is 24.6 Å². The summed E-state index contributed by atoms with van der Waals surface area (Å²) >= 11 is 1.46. The van der Waals surface area contributed by atoms with Gasteiger partial charge in [0.2, 0.25) is 0 Å². The fourth-order valence-electron chi connectivity index (χ4n) is 4.16. The molecule has 1 amide bonds. The molecule has 3 aromatic rings. The second kappa shape index (κ2) is 9.91. The van der Waals surface area contributed by atoms with Crippen LogP contribution in [0.1, 0.15) is 9.67 Å². The summed E-state index contributed by atoms with van der Waals surface area (Å²) in [4.78, 5) is 17.9. The molecule has 2 aromatic carbocycles. The zero-order chi connectivity index (χ0) is 22.6. The SMILES string of the molecule is O=C(Nc1ccc(N2CCOCC2)c(F)c1)c1cc(-c2ccccc2)c(N2CCOCC2)s1. The molecule has 0 atom stereocenters. The molecular formula is C25H26FN3O3S. The monoisotopic (exact) mass is 467 g/mol. The van der Waals surface area contributed by atoms with Crippen LogP contribution in [0.2, 0.25) is 0 Å². The fraction of sp³-hybridized carbons (Fsp3) is 0.320. The summed E-state index contributed by atoms with van der Waals surface area (Å²) in [6.45, 7) is 5.40. The normalized spacial score (nSPS) is 16.6. The first-order chi connectivity index (χ1) is 16.2. The van der Waals surface area contributed by atoms with Gasteiger partial charge in [0.05, 0.1) is 42.0 Å². The van der Waals surface area contributed by atoms with Gasteiger partial charge in [0.25, 0.3) is 5.91 Å². The Morgan fingerprint density at radius 2 is 1.55 bits per heavy atom. The van der Waals surface area contributed by atoms with Crippen molar-refractivity contribution in [2.75, 3.05) is 67.7 Å². The first-order valence-corrected chi connectivity index (χ1v) is 12.0. The third-order valence-electron chi connectivity index (χ3n) is 5.88. The highest BCUT2D eigenvalue weighted by molar-refractivity contribution is 7.18. The number of morpholine rings is 2. The van der Waals surface area contributed by atoms with E-state index in [1.807, 2.05) is 41.3 Å². The zero-order valence-electron chi connectivity index (χ0n) is 18.3. The number of benzene rings is 2. The summed E-state index contributed by atoms with van der Waals surface area (Å²) in [5.41, 5.74) is 3.07. The van der Waals surface area contributed by atoms with Crippen LogP contribution in [0.25, 0.3) is 11.1 Å². The number of amides is 1. The van der Waals surface area contributed by atoms with Gasteiger partial charge in [-0.2, -0.15) is 0 Å². The van der Waals surface area contributed by atoms with Crippen LogP contribution in [-0.2, 0) is 9.47 Å². The van der Waals surface area contributed by atoms with Crippen LogP contribution in [0.5, 0.6) is 0 Å². The third-order valence-corrected chi connectivity index (χ3v) is 7.07. The maximum atomic E-state index is 14.8. The van der Waals surface area contributed by atoms with Gasteiger partial charge in [-0.3, -0.25) is 4.79 Å². The van der Waals surface area contributed by atoms with E-state index < -0.39 is 0 Å². The highest BCUT2D eigenvalue weighted by Gasteiger charge is 2.22. The van der Waals surface area contributed by atoms with Gasteiger partial charge in [-0.25, -0.2) is 4.39 Å². The molecule has 2 fully saturated rings. The van der Waals surface area contributed by atoms with Crippen molar-refractivity contribution in [1.82, 2.24) is 0 Å². The fourth-order valence-corrected chi connectivity index (χ4v) is 5.28. The van der Waals surface area contributed by atoms with Gasteiger partial charge >= 0.3 is 0 Å². The van der Waals surface area contributed by atoms with E-state index in [9.17, 15) is 9.18 Å². The molecule has 0 saturated carbocycles. The molecule has 1 aromatic heterocycles. The van der Waals surface area contributed by atoms with E-state index in [1.54, 1.807) is 12.1 Å². The molecule has 0 radical (unpaired) electrons. The van der Waals surface area contributed by atoms with Gasteiger partial charge in [0.15, 0.2) is 0 Å². The number of thiophene rings is 1. The first-order valence-electron chi connectivity index (χ1n) is 11.1. The number of halogens is 1. The molecule has 0 unspecified atom stereocenters. The Kier molecular flexibility index (Phi) is 6.57. The maximum absolute atomic E-state index is 14.8. The van der Waals surface area contributed by atoms with Crippen molar-refractivity contribution in [3.05, 3.63) is 65.3 Å². The largest absolute Gasteiger partial charge is 0.378 e. The Balaban J connectivity index is 1.38. The highest BCUT2D eigenvalue weighted by atomic mass is 32.1. The molecule has 6 nitrogen and oxygen atoms in total. The van der Waals surface area contributed by atoms with Gasteiger partial charge in [-0.15, -0.1) is 11.3 Å². The molecule has 0 bridgehead atoms. The molecule has 2 saturated heterocycles. The lowest BCUT2D eigenvalue weighted by Gasteiger charge is -2.29. The van der Waals surface area contributed by atoms with Crippen molar-refractivity contribution < 1.29 is 18.7 Å². The third kappa shape index (κ3) is 4.88. The summed E-state index contributed by atoms with van der Waals surface area (Å²) in [6.07, 6.45) is 0. The summed E-state index contributed by atoms with van der Waals surface area (Å²) in [5.74, 6) is -0.588. The molecule has 2 aliphatic rings. The minimum absolute atomic E-state index is 0.241. The maximum Gasteiger partial charge on any atom is 0.265 e. The van der Waals surface area contributed by atoms with Crippen molar-refractivity contribution in [3.8, 4) is 11.1 Å². The van der Waals surface area contributed by atoms with E-state index in [-0.39, 0.29) is 11.7 Å². The molecule has 33 heavy (non-hydrogen) atoms. The minimum atomic E-state index is -0.347. The molecule has 8 heteroatoms. The van der Waals surface area contributed by atoms with Gasteiger partial charge in [0, 0.05) is 37.4 Å². The van der Waals surface area contributed by atoms with E-state index in [0.29, 0.717) is 55.8 Å². The Bertz CT molecular complexity index is 1110. The average Bonchev–Trinajstić information content (AvgIpc) is 3.32. The number of ether oxygens (including phenoxy) is 2. The Hall–Kier alpha value is -2.94. The number of hydrogen-bond acceptors (Lipinski definition) is 6. The van der Waals surface area contributed by atoms with Crippen molar-refractivity contribution in [2.24, 2.45) is 0 Å². The molecule has 1 N–H and O–H groups in total. The molecule has 3 heterocycles. The molecule has 0 aliphatic carbocycles. The Labute approximate surface area is 196 Å². The quantitative estimate of drug-likeness (QED) is 0.600. The van der Waals surface area contributed by atoms with E-state index in [4.69, 9.17) is 9.47 Å². The van der Waals surface area contributed by atoms with E-state index >= 15 is 0 Å². The standard InChI is InChI=1S/C25H26FN3O3S/c26-21-16-19(6-7-22(21)28-8-12-31-13-9-28)27-24(30)23-17-20(18-4-2-1-3-5-18)25(33-23)29-10-14-32-15-11-29/h1-7,16-17H,8-15H2,(H,27,30). The van der Waals surface area contributed by atoms with Crippen molar-refractivity contribution in [3.63, 3.8) is 0 Å². The number of nitrogens with one attached hydrogen (secondary N) is 1. The highest BCUT2D eigenvalue weighted by Crippen LogP contribution is 2.39. The summed E-state index contributed by atoms with van der Waals surface area (Å²) in [6, 6.07) is 16.9. The number of carbonyl (C=O) groups excluding carboxylic acids is 1. The van der Waals surface area contributed by atoms with E-state index in [2.05, 4.69) is 10.2 Å². The Morgan fingerprint density at radius 1 is 0.879 bits per heavy atom. The zero-order valence-corrected chi connectivity index (χ0v) is 19.1. The predicted octanol–water partition coefficient (Wildman–Crippen LogP) is 4.48. The predicted molar refractivity (Wildman–Crippen MR) is 130 cm³/mol. The van der Waals surface area contributed by atoms with Crippen LogP contribution in [-0.4, -0.2) is 58.5 Å². The number of rotatable bonds is 5. The molecule has 172 valence electrons. The van der Waals surface area contributed by atoms with Crippen molar-refractivity contribution in [1.29, 1.82) is 0 Å². The van der Waals surface area contributed by atoms with Crippen LogP contribution >= 0.6 is 11.3 Å². The van der Waals surface area contributed by atoms with Gasteiger partial charge in [-0.05, 0) is 29.8 Å². The molecule has 2 aliphatic heterocycles. The minimum Gasteiger partial charge on any atom is -0.378 e. The number of carbonyl (C=O) groups is 1. The Morgan fingerprint density at radius 3 is 2.21 bits per heavy atom. The smallest absolute Gasteiger partial charge is 0.265 e. The number of anilines is 3. The summed E-state index contributed by atoms with van der Waals surface area (Å²) in [5, 5.41) is 3.93. The molecular weight excluding hydrogens is 441 g/mol. The second-order valence-corrected chi connectivity index (χ2v) is 9.05. The lowest BCUT2D eigenvalue weighted by atomic mass is 10.1. The molecule has 5 rings (SSSR count). The summed E-state index contributed by atoms with van der Waals surface area (Å²) in [7, 11) is 0. The van der Waals surface area contributed by atoms with Crippen LogP contribution < -0.4 is 15.1 Å². The topological polar surface area (TPSA) is 54.0 Å². The lowest BCUT2D eigenvalue weighted by Crippen LogP contribution is -2.36. The van der Waals surface area contributed by atoms with Crippen LogP contribution in [0.3, 0.4) is 0 Å². The van der Waals surface area contributed by atoms with E-state index in [1.165, 1.54) is 17.4 Å². The summed E-state index contributed by atoms with van der Waals surface area (Å²) < 4.78 is 25.6. The number of nitrogens with zero attached hydrogens (tertiary/aromatic N) is 2.